The third-order valence-corrected chi connectivity index (χ3v) is 6.22. The van der Waals surface area contributed by atoms with Gasteiger partial charge in [0, 0.05) is 6.07 Å². The molecular formula is C25H28FNO2. The lowest BCUT2D eigenvalue weighted by Gasteiger charge is -2.37. The summed E-state index contributed by atoms with van der Waals surface area (Å²) in [6.45, 7) is 4.67. The number of unbranched alkanes of at least 4 members (excludes halogenated alkanes) is 1. The van der Waals surface area contributed by atoms with Crippen molar-refractivity contribution in [3.63, 3.8) is 0 Å². The zero-order chi connectivity index (χ0) is 20.9. The molecule has 1 fully saturated rings. The lowest BCUT2D eigenvalue weighted by molar-refractivity contribution is 0.0734. The van der Waals surface area contributed by atoms with Crippen LogP contribution in [0.25, 0.3) is 0 Å². The van der Waals surface area contributed by atoms with E-state index >= 15 is 0 Å². The number of nitriles is 1. The predicted molar refractivity (Wildman–Crippen MR) is 111 cm³/mol. The highest BCUT2D eigenvalue weighted by molar-refractivity contribution is 5.91. The Balaban J connectivity index is 1.59. The van der Waals surface area contributed by atoms with Gasteiger partial charge in [-0.25, -0.2) is 9.18 Å². The molecule has 29 heavy (non-hydrogen) atoms. The fourth-order valence-corrected chi connectivity index (χ4v) is 4.21. The second-order valence-corrected chi connectivity index (χ2v) is 8.45. The summed E-state index contributed by atoms with van der Waals surface area (Å²) in [5.41, 5.74) is 2.10. The molecule has 0 aromatic heterocycles. The molecule has 0 aliphatic heterocycles. The highest BCUT2D eigenvalue weighted by Gasteiger charge is 2.31. The van der Waals surface area contributed by atoms with Crippen LogP contribution in [0.4, 0.5) is 4.39 Å². The molecular weight excluding hydrogens is 365 g/mol. The Bertz CT molecular complexity index is 890. The first-order valence-corrected chi connectivity index (χ1v) is 10.5. The van der Waals surface area contributed by atoms with Gasteiger partial charge < -0.3 is 4.74 Å². The average molecular weight is 394 g/mol. The Morgan fingerprint density at radius 1 is 1.21 bits per heavy atom. The molecule has 0 unspecified atom stereocenters. The highest BCUT2D eigenvalue weighted by atomic mass is 19.1. The number of hydrogen-bond donors (Lipinski definition) is 0. The molecule has 0 radical (unpaired) electrons. The predicted octanol–water partition coefficient (Wildman–Crippen LogP) is 6.77. The first-order chi connectivity index (χ1) is 13.9. The molecule has 4 heteroatoms. The summed E-state index contributed by atoms with van der Waals surface area (Å²) < 4.78 is 18.9. The summed E-state index contributed by atoms with van der Waals surface area (Å²) in [7, 11) is 0. The van der Waals surface area contributed by atoms with Gasteiger partial charge in [-0.2, -0.15) is 5.26 Å². The Morgan fingerprint density at radius 3 is 2.48 bits per heavy atom. The molecule has 0 atom stereocenters. The molecule has 0 saturated heterocycles. The number of nitrogens with zero attached hydrogens (tertiary/aromatic N) is 1. The summed E-state index contributed by atoms with van der Waals surface area (Å²) in [6.07, 6.45) is 8.77. The van der Waals surface area contributed by atoms with Crippen molar-refractivity contribution in [2.45, 2.75) is 64.7 Å². The first-order valence-electron chi connectivity index (χ1n) is 10.5. The Hall–Kier alpha value is -2.67. The number of carbonyl (C=O) groups is 1. The number of rotatable bonds is 6. The van der Waals surface area contributed by atoms with E-state index in [9.17, 15) is 9.18 Å². The smallest absolute Gasteiger partial charge is 0.343 e. The van der Waals surface area contributed by atoms with Crippen LogP contribution in [0, 0.1) is 22.6 Å². The Kier molecular flexibility index (Phi) is 6.69. The average Bonchev–Trinajstić information content (AvgIpc) is 2.73. The van der Waals surface area contributed by atoms with Crippen molar-refractivity contribution in [3.8, 4) is 11.8 Å². The van der Waals surface area contributed by atoms with Crippen LogP contribution in [0.15, 0.2) is 42.5 Å². The fourth-order valence-electron chi connectivity index (χ4n) is 4.21. The summed E-state index contributed by atoms with van der Waals surface area (Å²) >= 11 is 0. The van der Waals surface area contributed by atoms with Gasteiger partial charge >= 0.3 is 5.97 Å². The molecule has 2 aromatic carbocycles. The van der Waals surface area contributed by atoms with Crippen molar-refractivity contribution < 1.29 is 13.9 Å². The van der Waals surface area contributed by atoms with Crippen LogP contribution in [-0.2, 0) is 0 Å². The standard InChI is InChI=1S/C25H28FNO2/c1-3-4-13-25(2)14-11-19(12-15-25)18-5-7-20(8-6-18)24(28)29-22-10-9-21(17-27)23(26)16-22/h5-10,16,19H,3-4,11-15H2,1-2H3. The van der Waals surface area contributed by atoms with Crippen molar-refractivity contribution in [3.05, 3.63) is 65.0 Å². The van der Waals surface area contributed by atoms with E-state index in [1.165, 1.54) is 62.6 Å². The number of carbonyl (C=O) groups excluding carboxylic acids is 1. The topological polar surface area (TPSA) is 50.1 Å². The van der Waals surface area contributed by atoms with Crippen molar-refractivity contribution in [2.75, 3.05) is 0 Å². The zero-order valence-corrected chi connectivity index (χ0v) is 17.2. The molecule has 2 aromatic rings. The highest BCUT2D eigenvalue weighted by Crippen LogP contribution is 2.45. The van der Waals surface area contributed by atoms with Gasteiger partial charge in [0.15, 0.2) is 0 Å². The maximum atomic E-state index is 13.7. The van der Waals surface area contributed by atoms with E-state index in [1.807, 2.05) is 12.1 Å². The molecule has 152 valence electrons. The molecule has 1 aliphatic carbocycles. The minimum absolute atomic E-state index is 0.0765. The first kappa shape index (κ1) is 21.0. The van der Waals surface area contributed by atoms with Crippen LogP contribution in [-0.4, -0.2) is 5.97 Å². The molecule has 0 bridgehead atoms. The molecule has 3 rings (SSSR count). The second kappa shape index (κ2) is 9.22. The molecule has 0 spiro atoms. The van der Waals surface area contributed by atoms with Crippen LogP contribution in [0.3, 0.4) is 0 Å². The van der Waals surface area contributed by atoms with E-state index < -0.39 is 11.8 Å². The monoisotopic (exact) mass is 393 g/mol. The Labute approximate surface area is 172 Å². The zero-order valence-electron chi connectivity index (χ0n) is 17.2. The molecule has 3 nitrogen and oxygen atoms in total. The molecule has 1 saturated carbocycles. The van der Waals surface area contributed by atoms with Crippen molar-refractivity contribution in [2.24, 2.45) is 5.41 Å². The van der Waals surface area contributed by atoms with E-state index in [1.54, 1.807) is 18.2 Å². The van der Waals surface area contributed by atoms with E-state index in [0.29, 0.717) is 16.9 Å². The summed E-state index contributed by atoms with van der Waals surface area (Å²) in [5, 5.41) is 8.77. The Morgan fingerprint density at radius 2 is 1.90 bits per heavy atom. The molecule has 1 aliphatic rings. The van der Waals surface area contributed by atoms with E-state index in [4.69, 9.17) is 10.00 Å². The molecule has 0 N–H and O–H groups in total. The van der Waals surface area contributed by atoms with Crippen LogP contribution < -0.4 is 4.74 Å². The van der Waals surface area contributed by atoms with Crippen molar-refractivity contribution >= 4 is 5.97 Å². The van der Waals surface area contributed by atoms with E-state index in [0.717, 1.165) is 6.07 Å². The molecule has 0 amide bonds. The third-order valence-electron chi connectivity index (χ3n) is 6.22. The van der Waals surface area contributed by atoms with Gasteiger partial charge in [0.1, 0.15) is 17.6 Å². The second-order valence-electron chi connectivity index (χ2n) is 8.45. The normalized spacial score (nSPS) is 21.4. The summed E-state index contributed by atoms with van der Waals surface area (Å²) in [6, 6.07) is 13.1. The van der Waals surface area contributed by atoms with Gasteiger partial charge in [-0.05, 0) is 73.3 Å². The summed E-state index contributed by atoms with van der Waals surface area (Å²) in [5.74, 6) is -0.593. The van der Waals surface area contributed by atoms with Crippen LogP contribution in [0.1, 0.15) is 86.2 Å². The molecule has 0 heterocycles. The minimum Gasteiger partial charge on any atom is -0.423 e. The number of ether oxygens (including phenoxy) is 1. The fraction of sp³-hybridized carbons (Fsp3) is 0.440. The number of benzene rings is 2. The number of esters is 1. The maximum Gasteiger partial charge on any atom is 0.343 e. The van der Waals surface area contributed by atoms with Crippen LogP contribution >= 0.6 is 0 Å². The van der Waals surface area contributed by atoms with Crippen LogP contribution in [0.5, 0.6) is 5.75 Å². The van der Waals surface area contributed by atoms with Gasteiger partial charge in [-0.3, -0.25) is 0 Å². The number of halogens is 1. The van der Waals surface area contributed by atoms with Crippen molar-refractivity contribution in [1.82, 2.24) is 0 Å². The van der Waals surface area contributed by atoms with Gasteiger partial charge in [-0.1, -0.05) is 38.8 Å². The SMILES string of the molecule is CCCCC1(C)CCC(c2ccc(C(=O)Oc3ccc(C#N)c(F)c3)cc2)CC1. The maximum absolute atomic E-state index is 13.7. The van der Waals surface area contributed by atoms with Gasteiger partial charge in [0.05, 0.1) is 11.1 Å². The van der Waals surface area contributed by atoms with Crippen molar-refractivity contribution in [1.29, 1.82) is 5.26 Å². The van der Waals surface area contributed by atoms with E-state index in [2.05, 4.69) is 13.8 Å². The van der Waals surface area contributed by atoms with Gasteiger partial charge in [0.25, 0.3) is 0 Å². The quantitative estimate of drug-likeness (QED) is 0.402. The summed E-state index contributed by atoms with van der Waals surface area (Å²) in [4.78, 5) is 12.3. The number of hydrogen-bond acceptors (Lipinski definition) is 3. The van der Waals surface area contributed by atoms with Gasteiger partial charge in [-0.15, -0.1) is 0 Å². The lowest BCUT2D eigenvalue weighted by atomic mass is 9.68. The third kappa shape index (κ3) is 5.23. The minimum atomic E-state index is -0.698. The van der Waals surface area contributed by atoms with Crippen LogP contribution in [0.2, 0.25) is 0 Å². The lowest BCUT2D eigenvalue weighted by Crippen LogP contribution is -2.23. The largest absolute Gasteiger partial charge is 0.423 e. The van der Waals surface area contributed by atoms with E-state index in [-0.39, 0.29) is 11.3 Å². The van der Waals surface area contributed by atoms with Gasteiger partial charge in [0.2, 0.25) is 0 Å².